The smallest absolute Gasteiger partial charge is 0.341 e. The fourth-order valence-corrected chi connectivity index (χ4v) is 4.10. The Kier molecular flexibility index (Phi) is 4.67. The van der Waals surface area contributed by atoms with E-state index >= 15 is 0 Å². The Morgan fingerprint density at radius 1 is 1.36 bits per heavy atom. The zero-order chi connectivity index (χ0) is 18.4. The number of nitrogens with one attached hydrogen (secondary N) is 1. The summed E-state index contributed by atoms with van der Waals surface area (Å²) in [6.45, 7) is 2.85. The highest BCUT2D eigenvalue weighted by Crippen LogP contribution is 2.36. The molecule has 3 rings (SSSR count). The molecule has 25 heavy (non-hydrogen) atoms. The minimum Gasteiger partial charge on any atom is -0.375 e. The van der Waals surface area contributed by atoms with Crippen LogP contribution in [0.1, 0.15) is 26.2 Å². The summed E-state index contributed by atoms with van der Waals surface area (Å²) in [6, 6.07) is 3.80. The van der Waals surface area contributed by atoms with E-state index in [-0.39, 0.29) is 11.7 Å². The molecule has 0 amide bonds. The van der Waals surface area contributed by atoms with E-state index in [1.54, 1.807) is 0 Å². The molecule has 0 aromatic heterocycles. The van der Waals surface area contributed by atoms with Gasteiger partial charge < -0.3 is 5.32 Å². The topological polar surface area (TPSA) is 92.5 Å². The lowest BCUT2D eigenvalue weighted by molar-refractivity contribution is -0.384. The fraction of sp³-hybridized carbons (Fsp3) is 0.600. The van der Waals surface area contributed by atoms with Gasteiger partial charge in [0.25, 0.3) is 5.69 Å². The van der Waals surface area contributed by atoms with Gasteiger partial charge in [0, 0.05) is 30.7 Å². The third-order valence-electron chi connectivity index (χ3n) is 4.73. The molecule has 2 unspecified atom stereocenters. The van der Waals surface area contributed by atoms with E-state index in [2.05, 4.69) is 17.1 Å². The largest absolute Gasteiger partial charge is 0.375 e. The predicted octanol–water partition coefficient (Wildman–Crippen LogP) is 2.63. The van der Waals surface area contributed by atoms with Crippen molar-refractivity contribution in [3.05, 3.63) is 28.3 Å². The Morgan fingerprint density at radius 2 is 2.04 bits per heavy atom. The second kappa shape index (κ2) is 6.49. The maximum absolute atomic E-state index is 12.6. The van der Waals surface area contributed by atoms with Crippen molar-refractivity contribution in [2.24, 2.45) is 0 Å². The van der Waals surface area contributed by atoms with Crippen LogP contribution in [0.15, 0.2) is 23.1 Å². The molecule has 1 saturated heterocycles. The number of alkyl halides is 2. The second-order valence-corrected chi connectivity index (χ2v) is 8.51. The zero-order valence-corrected chi connectivity index (χ0v) is 14.4. The normalized spacial score (nSPS) is 24.6. The number of anilines is 1. The molecule has 1 aromatic carbocycles. The highest BCUT2D eigenvalue weighted by molar-refractivity contribution is 7.91. The number of sulfone groups is 1. The molecule has 10 heteroatoms. The van der Waals surface area contributed by atoms with Crippen molar-refractivity contribution in [1.29, 1.82) is 0 Å². The summed E-state index contributed by atoms with van der Waals surface area (Å²) < 4.78 is 48.4. The SMILES string of the molecule is CC1CC(Nc2ccc(S(=O)(=O)C(F)F)cc2[N+](=O)[O-])CN1C1CC1. The number of nitrogens with zero attached hydrogens (tertiary/aromatic N) is 2. The molecule has 2 atom stereocenters. The molecule has 1 N–H and O–H groups in total. The average molecular weight is 375 g/mol. The van der Waals surface area contributed by atoms with E-state index in [1.807, 2.05) is 0 Å². The molecule has 1 saturated carbocycles. The van der Waals surface area contributed by atoms with Gasteiger partial charge in [0.2, 0.25) is 9.84 Å². The van der Waals surface area contributed by atoms with Crippen molar-refractivity contribution in [1.82, 2.24) is 4.90 Å². The number of hydrogen-bond donors (Lipinski definition) is 1. The first-order chi connectivity index (χ1) is 11.7. The lowest BCUT2D eigenvalue weighted by atomic mass is 10.1. The first-order valence-corrected chi connectivity index (χ1v) is 9.57. The molecular formula is C15H19F2N3O4S. The molecule has 138 valence electrons. The van der Waals surface area contributed by atoms with E-state index < -0.39 is 31.1 Å². The van der Waals surface area contributed by atoms with Gasteiger partial charge in [0.1, 0.15) is 5.69 Å². The number of halogens is 2. The summed E-state index contributed by atoms with van der Waals surface area (Å²) in [7, 11) is -4.87. The maximum atomic E-state index is 12.6. The standard InChI is InChI=1S/C15H19F2N3O4S/c1-9-6-10(8-19(9)11-2-3-11)18-13-5-4-12(7-14(13)20(21)22)25(23,24)15(16)17/h4-5,7,9-11,15,18H,2-3,6,8H2,1H3. The molecule has 2 aliphatic rings. The summed E-state index contributed by atoms with van der Waals surface area (Å²) in [5.41, 5.74) is -0.368. The molecule has 0 radical (unpaired) electrons. The van der Waals surface area contributed by atoms with E-state index in [4.69, 9.17) is 0 Å². The minimum absolute atomic E-state index is 0.00754. The van der Waals surface area contributed by atoms with Gasteiger partial charge in [-0.3, -0.25) is 15.0 Å². The van der Waals surface area contributed by atoms with Gasteiger partial charge in [0.15, 0.2) is 0 Å². The number of hydrogen-bond acceptors (Lipinski definition) is 6. The molecule has 0 spiro atoms. The molecule has 2 fully saturated rings. The van der Waals surface area contributed by atoms with Crippen LogP contribution in [-0.4, -0.2) is 48.7 Å². The molecule has 7 nitrogen and oxygen atoms in total. The summed E-state index contributed by atoms with van der Waals surface area (Å²) in [4.78, 5) is 12.1. The quantitative estimate of drug-likeness (QED) is 0.607. The van der Waals surface area contributed by atoms with Crippen molar-refractivity contribution >= 4 is 21.2 Å². The van der Waals surface area contributed by atoms with Crippen LogP contribution in [0, 0.1) is 10.1 Å². The minimum atomic E-state index is -4.87. The zero-order valence-electron chi connectivity index (χ0n) is 13.6. The van der Waals surface area contributed by atoms with E-state index in [0.29, 0.717) is 18.2 Å². The number of nitro benzene ring substituents is 1. The van der Waals surface area contributed by atoms with Crippen molar-refractivity contribution in [2.45, 2.75) is 55.0 Å². The van der Waals surface area contributed by atoms with Gasteiger partial charge in [-0.05, 0) is 38.3 Å². The van der Waals surface area contributed by atoms with Crippen LogP contribution in [0.3, 0.4) is 0 Å². The highest BCUT2D eigenvalue weighted by atomic mass is 32.2. The first-order valence-electron chi connectivity index (χ1n) is 8.03. The number of rotatable bonds is 6. The molecule has 1 heterocycles. The van der Waals surface area contributed by atoms with Gasteiger partial charge >= 0.3 is 5.76 Å². The molecule has 1 aliphatic heterocycles. The van der Waals surface area contributed by atoms with Crippen LogP contribution in [0.4, 0.5) is 20.2 Å². The third-order valence-corrected chi connectivity index (χ3v) is 6.11. The van der Waals surface area contributed by atoms with Crippen LogP contribution in [0.2, 0.25) is 0 Å². The Hall–Kier alpha value is -1.81. The van der Waals surface area contributed by atoms with Gasteiger partial charge in [-0.15, -0.1) is 0 Å². The summed E-state index contributed by atoms with van der Waals surface area (Å²) >= 11 is 0. The van der Waals surface area contributed by atoms with Gasteiger partial charge in [0.05, 0.1) is 9.82 Å². The Labute approximate surface area is 144 Å². The Morgan fingerprint density at radius 3 is 2.60 bits per heavy atom. The van der Waals surface area contributed by atoms with Crippen LogP contribution in [0.5, 0.6) is 0 Å². The third kappa shape index (κ3) is 3.59. The average Bonchev–Trinajstić information content (AvgIpc) is 3.31. The Bertz CT molecular complexity index is 783. The Balaban J connectivity index is 1.83. The van der Waals surface area contributed by atoms with Gasteiger partial charge in [-0.2, -0.15) is 8.78 Å². The highest BCUT2D eigenvalue weighted by Gasteiger charge is 2.39. The predicted molar refractivity (Wildman–Crippen MR) is 87.5 cm³/mol. The summed E-state index contributed by atoms with van der Waals surface area (Å²) in [5.74, 6) is -3.62. The van der Waals surface area contributed by atoms with E-state index in [0.717, 1.165) is 31.9 Å². The van der Waals surface area contributed by atoms with Gasteiger partial charge in [-0.25, -0.2) is 8.42 Å². The first kappa shape index (κ1) is 18.0. The van der Waals surface area contributed by atoms with Crippen molar-refractivity contribution in [3.8, 4) is 0 Å². The number of benzene rings is 1. The molecule has 1 aromatic rings. The van der Waals surface area contributed by atoms with Crippen molar-refractivity contribution in [2.75, 3.05) is 11.9 Å². The lowest BCUT2D eigenvalue weighted by Gasteiger charge is -2.20. The number of nitro groups is 1. The van der Waals surface area contributed by atoms with Crippen LogP contribution >= 0.6 is 0 Å². The summed E-state index contributed by atoms with van der Waals surface area (Å²) in [6.07, 6.45) is 3.14. The fourth-order valence-electron chi connectivity index (χ4n) is 3.36. The van der Waals surface area contributed by atoms with Gasteiger partial charge in [-0.1, -0.05) is 0 Å². The van der Waals surface area contributed by atoms with Crippen LogP contribution < -0.4 is 5.32 Å². The molecule has 0 bridgehead atoms. The lowest BCUT2D eigenvalue weighted by Crippen LogP contribution is -2.31. The van der Waals surface area contributed by atoms with E-state index in [1.165, 1.54) is 6.07 Å². The van der Waals surface area contributed by atoms with Crippen LogP contribution in [0.25, 0.3) is 0 Å². The molecule has 1 aliphatic carbocycles. The summed E-state index contributed by atoms with van der Waals surface area (Å²) in [5, 5.41) is 14.3. The van der Waals surface area contributed by atoms with Crippen LogP contribution in [-0.2, 0) is 9.84 Å². The van der Waals surface area contributed by atoms with Crippen molar-refractivity contribution < 1.29 is 22.1 Å². The molecular weight excluding hydrogens is 356 g/mol. The second-order valence-electron chi connectivity index (χ2n) is 6.60. The van der Waals surface area contributed by atoms with Crippen molar-refractivity contribution in [3.63, 3.8) is 0 Å². The number of likely N-dealkylation sites (tertiary alicyclic amines) is 1. The van der Waals surface area contributed by atoms with E-state index in [9.17, 15) is 27.3 Å². The monoisotopic (exact) mass is 375 g/mol. The maximum Gasteiger partial charge on any atom is 0.341 e.